The molecule has 0 atom stereocenters. The Hall–Kier alpha value is -0.261. The van der Waals surface area contributed by atoms with Crippen LogP contribution in [0.4, 0.5) is 0 Å². The molecule has 0 aromatic heterocycles. The van der Waals surface area contributed by atoms with Gasteiger partial charge in [-0.2, -0.15) is 0 Å². The van der Waals surface area contributed by atoms with Gasteiger partial charge in [0.15, 0.2) is 0 Å². The van der Waals surface area contributed by atoms with Crippen LogP contribution in [0.5, 0.6) is 0 Å². The van der Waals surface area contributed by atoms with Crippen LogP contribution >= 0.6 is 0 Å². The van der Waals surface area contributed by atoms with Crippen molar-refractivity contribution >= 4 is 19.4 Å². The summed E-state index contributed by atoms with van der Waals surface area (Å²) in [7, 11) is 0. The van der Waals surface area contributed by atoms with Crippen molar-refractivity contribution in [3.8, 4) is 0 Å². The molecule has 0 saturated carbocycles. The summed E-state index contributed by atoms with van der Waals surface area (Å²) in [5, 5.41) is 1.43. The number of rotatable bonds is 20. The van der Waals surface area contributed by atoms with E-state index in [1.165, 1.54) is 121 Å². The van der Waals surface area contributed by atoms with Gasteiger partial charge in [0.2, 0.25) is 0 Å². The fraction of sp³-hybridized carbons (Fsp3) is 0.769. The Bertz CT molecular complexity index is 386. The maximum atomic E-state index is 2.30. The second-order valence-corrected chi connectivity index (χ2v) is 10.6. The summed E-state index contributed by atoms with van der Waals surface area (Å²) in [6.45, 7) is 2.30. The quantitative estimate of drug-likeness (QED) is 0.142. The van der Waals surface area contributed by atoms with Crippen molar-refractivity contribution in [3.05, 3.63) is 30.3 Å². The summed E-state index contributed by atoms with van der Waals surface area (Å²) in [6.07, 6.45) is 26.4. The number of hydrogen-bond acceptors (Lipinski definition) is 0. The summed E-state index contributed by atoms with van der Waals surface area (Å²) >= 11 is 0.705. The molecule has 0 fully saturated rings. The molecule has 0 aliphatic rings. The summed E-state index contributed by atoms with van der Waals surface area (Å²) in [6, 6.07) is 11.0. The standard InChI is InChI=1S/C26H46Se/c1-2-3-4-5-6-7-8-9-10-11-12-13-14-15-16-17-18-22-25-27-26-23-20-19-21-24-26/h19-21,23-24H,2-18,22,25H2,1H3. The summed E-state index contributed by atoms with van der Waals surface area (Å²) in [4.78, 5) is 0. The van der Waals surface area contributed by atoms with Crippen molar-refractivity contribution in [1.82, 2.24) is 0 Å². The molecule has 1 aromatic rings. The van der Waals surface area contributed by atoms with Crippen molar-refractivity contribution in [2.24, 2.45) is 0 Å². The van der Waals surface area contributed by atoms with Crippen LogP contribution in [0.3, 0.4) is 0 Å². The van der Waals surface area contributed by atoms with Crippen LogP contribution in [0.2, 0.25) is 5.32 Å². The monoisotopic (exact) mass is 438 g/mol. The van der Waals surface area contributed by atoms with Gasteiger partial charge in [0.25, 0.3) is 0 Å². The Morgan fingerprint density at radius 3 is 1.26 bits per heavy atom. The van der Waals surface area contributed by atoms with Gasteiger partial charge in [0, 0.05) is 0 Å². The van der Waals surface area contributed by atoms with Crippen molar-refractivity contribution < 1.29 is 0 Å². The molecule has 0 amide bonds. The third-order valence-electron chi connectivity index (χ3n) is 5.51. The third-order valence-corrected chi connectivity index (χ3v) is 7.81. The van der Waals surface area contributed by atoms with Crippen molar-refractivity contribution in [2.45, 2.75) is 128 Å². The van der Waals surface area contributed by atoms with Gasteiger partial charge in [-0.05, 0) is 0 Å². The zero-order valence-corrected chi connectivity index (χ0v) is 19.9. The molecular weight excluding hydrogens is 391 g/mol. The summed E-state index contributed by atoms with van der Waals surface area (Å²) < 4.78 is 1.57. The molecule has 0 unspecified atom stereocenters. The van der Waals surface area contributed by atoms with Crippen LogP contribution in [-0.2, 0) is 0 Å². The fourth-order valence-electron chi connectivity index (χ4n) is 3.71. The molecule has 0 aliphatic carbocycles. The number of benzene rings is 1. The van der Waals surface area contributed by atoms with E-state index >= 15 is 0 Å². The van der Waals surface area contributed by atoms with Crippen LogP contribution < -0.4 is 4.46 Å². The molecule has 1 heteroatoms. The Balaban J connectivity index is 1.67. The van der Waals surface area contributed by atoms with Crippen LogP contribution in [-0.4, -0.2) is 15.0 Å². The first-order valence-electron chi connectivity index (χ1n) is 12.1. The Morgan fingerprint density at radius 2 is 0.852 bits per heavy atom. The minimum absolute atomic E-state index is 0.705. The molecule has 0 spiro atoms. The van der Waals surface area contributed by atoms with Gasteiger partial charge in [0.1, 0.15) is 0 Å². The van der Waals surface area contributed by atoms with Gasteiger partial charge in [-0.15, -0.1) is 0 Å². The maximum absolute atomic E-state index is 2.30. The van der Waals surface area contributed by atoms with E-state index in [4.69, 9.17) is 0 Å². The predicted molar refractivity (Wildman–Crippen MR) is 125 cm³/mol. The Kier molecular flexibility index (Phi) is 18.8. The molecule has 1 aromatic carbocycles. The molecule has 0 heterocycles. The second kappa shape index (κ2) is 20.5. The van der Waals surface area contributed by atoms with Crippen molar-refractivity contribution in [2.75, 3.05) is 0 Å². The molecule has 156 valence electrons. The average molecular weight is 438 g/mol. The summed E-state index contributed by atoms with van der Waals surface area (Å²) in [5.74, 6) is 0. The second-order valence-electron chi connectivity index (χ2n) is 8.17. The van der Waals surface area contributed by atoms with E-state index in [1.807, 2.05) is 0 Å². The molecule has 0 N–H and O–H groups in total. The van der Waals surface area contributed by atoms with Crippen LogP contribution in [0.15, 0.2) is 30.3 Å². The fourth-order valence-corrected chi connectivity index (χ4v) is 5.67. The molecule has 0 saturated heterocycles. The predicted octanol–water partition coefficient (Wildman–Crippen LogP) is 8.48. The minimum atomic E-state index is 0.705. The average Bonchev–Trinajstić information content (AvgIpc) is 2.70. The zero-order valence-electron chi connectivity index (χ0n) is 18.2. The SMILES string of the molecule is CCCCCCCCCCCCCCCCCCCC[Se]c1ccccc1. The van der Waals surface area contributed by atoms with Crippen molar-refractivity contribution in [3.63, 3.8) is 0 Å². The summed E-state index contributed by atoms with van der Waals surface area (Å²) in [5.41, 5.74) is 0. The van der Waals surface area contributed by atoms with E-state index in [-0.39, 0.29) is 0 Å². The van der Waals surface area contributed by atoms with Crippen LogP contribution in [0.1, 0.15) is 122 Å². The molecule has 1 rings (SSSR count). The van der Waals surface area contributed by atoms with Gasteiger partial charge < -0.3 is 0 Å². The first-order chi connectivity index (χ1) is 13.4. The third kappa shape index (κ3) is 17.6. The molecule has 0 bridgehead atoms. The van der Waals surface area contributed by atoms with Crippen LogP contribution in [0.25, 0.3) is 0 Å². The van der Waals surface area contributed by atoms with Crippen molar-refractivity contribution in [1.29, 1.82) is 0 Å². The molecule has 0 radical (unpaired) electrons. The topological polar surface area (TPSA) is 0 Å². The van der Waals surface area contributed by atoms with E-state index in [0.29, 0.717) is 15.0 Å². The first kappa shape index (κ1) is 24.8. The van der Waals surface area contributed by atoms with Gasteiger partial charge in [-0.3, -0.25) is 0 Å². The van der Waals surface area contributed by atoms with Gasteiger partial charge >= 0.3 is 126 Å². The molecular formula is C26H46Se. The van der Waals surface area contributed by atoms with E-state index in [9.17, 15) is 0 Å². The van der Waals surface area contributed by atoms with E-state index in [0.717, 1.165) is 0 Å². The van der Waals surface area contributed by atoms with E-state index in [2.05, 4.69) is 37.3 Å². The zero-order chi connectivity index (χ0) is 19.3. The van der Waals surface area contributed by atoms with Gasteiger partial charge in [0.05, 0.1) is 0 Å². The molecule has 27 heavy (non-hydrogen) atoms. The van der Waals surface area contributed by atoms with E-state index < -0.39 is 0 Å². The first-order valence-corrected chi connectivity index (χ1v) is 14.2. The van der Waals surface area contributed by atoms with E-state index in [1.54, 1.807) is 4.46 Å². The van der Waals surface area contributed by atoms with Gasteiger partial charge in [-0.25, -0.2) is 0 Å². The molecule has 0 aliphatic heterocycles. The number of unbranched alkanes of at least 4 members (excludes halogenated alkanes) is 17. The normalized spacial score (nSPS) is 11.1. The van der Waals surface area contributed by atoms with Crippen LogP contribution in [0, 0.1) is 0 Å². The number of hydrogen-bond donors (Lipinski definition) is 0. The Labute approximate surface area is 177 Å². The Morgan fingerprint density at radius 1 is 0.481 bits per heavy atom. The van der Waals surface area contributed by atoms with Gasteiger partial charge in [-0.1, -0.05) is 51.9 Å². The molecule has 0 nitrogen and oxygen atoms in total.